The number of ether oxygens (including phenoxy) is 3. The number of benzene rings is 5. The molecule has 1 amide bonds. The minimum Gasteiger partial charge on any atom is -0.463 e. The Kier molecular flexibility index (Phi) is 15.4. The highest BCUT2D eigenvalue weighted by Gasteiger charge is 2.36. The first-order valence-corrected chi connectivity index (χ1v) is 20.2. The SMILES string of the molecule is CC(C)OC(=O)C[C@@H](c1ccc([C@@H](CC(=O)OC(C)(C)C)N(C(=O)OCc2ccccc2)[C@@H](C)c2ccccc2)cc1)N(Cc1ccccc1)[C@H](C)c1ccccc1. The maximum Gasteiger partial charge on any atom is 0.411 e. The van der Waals surface area contributed by atoms with Crippen molar-refractivity contribution >= 4 is 18.0 Å². The van der Waals surface area contributed by atoms with Gasteiger partial charge in [0.15, 0.2) is 0 Å². The van der Waals surface area contributed by atoms with Crippen LogP contribution in [0.3, 0.4) is 0 Å². The lowest BCUT2D eigenvalue weighted by Gasteiger charge is -2.38. The van der Waals surface area contributed by atoms with Crippen molar-refractivity contribution in [2.24, 2.45) is 0 Å². The molecule has 0 spiro atoms. The molecule has 8 nitrogen and oxygen atoms in total. The Bertz CT molecular complexity index is 2020. The average Bonchev–Trinajstić information content (AvgIpc) is 3.21. The van der Waals surface area contributed by atoms with Crippen molar-refractivity contribution in [2.75, 3.05) is 0 Å². The van der Waals surface area contributed by atoms with Gasteiger partial charge in [-0.2, -0.15) is 0 Å². The van der Waals surface area contributed by atoms with Crippen LogP contribution in [0.15, 0.2) is 146 Å². The van der Waals surface area contributed by atoms with E-state index in [-0.39, 0.29) is 43.6 Å². The molecule has 5 aromatic carbocycles. The molecule has 0 saturated heterocycles. The van der Waals surface area contributed by atoms with Crippen LogP contribution < -0.4 is 0 Å². The second kappa shape index (κ2) is 20.6. The zero-order valence-corrected chi connectivity index (χ0v) is 34.9. The zero-order valence-electron chi connectivity index (χ0n) is 34.9. The van der Waals surface area contributed by atoms with Crippen molar-refractivity contribution in [2.45, 2.75) is 110 Å². The van der Waals surface area contributed by atoms with Crippen molar-refractivity contribution in [1.82, 2.24) is 9.80 Å². The molecule has 0 radical (unpaired) electrons. The van der Waals surface area contributed by atoms with Gasteiger partial charge in [0.05, 0.1) is 31.0 Å². The Balaban J connectivity index is 1.59. The number of hydrogen-bond acceptors (Lipinski definition) is 7. The molecule has 8 heteroatoms. The summed E-state index contributed by atoms with van der Waals surface area (Å²) in [4.78, 5) is 45.6. The number of carbonyl (C=O) groups excluding carboxylic acids is 3. The Morgan fingerprint density at radius 2 is 0.983 bits per heavy atom. The van der Waals surface area contributed by atoms with E-state index in [9.17, 15) is 14.4 Å². The third-order valence-corrected chi connectivity index (χ3v) is 10.1. The van der Waals surface area contributed by atoms with Crippen molar-refractivity contribution in [3.63, 3.8) is 0 Å². The molecule has 0 fully saturated rings. The van der Waals surface area contributed by atoms with Gasteiger partial charge in [-0.3, -0.25) is 19.4 Å². The molecule has 4 atom stereocenters. The summed E-state index contributed by atoms with van der Waals surface area (Å²) in [7, 11) is 0. The summed E-state index contributed by atoms with van der Waals surface area (Å²) in [6, 6.07) is 46.0. The van der Waals surface area contributed by atoms with E-state index in [2.05, 4.69) is 36.1 Å². The summed E-state index contributed by atoms with van der Waals surface area (Å²) in [6.45, 7) is 13.9. The molecule has 0 aliphatic heterocycles. The highest BCUT2D eigenvalue weighted by atomic mass is 16.6. The van der Waals surface area contributed by atoms with E-state index in [0.29, 0.717) is 6.54 Å². The summed E-state index contributed by atoms with van der Waals surface area (Å²) in [5, 5.41) is 0. The molecule has 0 aromatic heterocycles. The number of hydrogen-bond donors (Lipinski definition) is 0. The van der Waals surface area contributed by atoms with E-state index in [1.54, 1.807) is 4.90 Å². The second-order valence-corrected chi connectivity index (χ2v) is 16.0. The smallest absolute Gasteiger partial charge is 0.411 e. The first-order chi connectivity index (χ1) is 27.8. The largest absolute Gasteiger partial charge is 0.463 e. The Labute approximate surface area is 344 Å². The van der Waals surface area contributed by atoms with Gasteiger partial charge in [0.25, 0.3) is 0 Å². The van der Waals surface area contributed by atoms with Crippen LogP contribution in [0.1, 0.15) is 119 Å². The number of nitrogens with zero attached hydrogens (tertiary/aromatic N) is 2. The Morgan fingerprint density at radius 3 is 1.48 bits per heavy atom. The van der Waals surface area contributed by atoms with Crippen LogP contribution in [0.5, 0.6) is 0 Å². The van der Waals surface area contributed by atoms with E-state index in [0.717, 1.165) is 33.4 Å². The summed E-state index contributed by atoms with van der Waals surface area (Å²) in [5.41, 5.74) is 4.86. The van der Waals surface area contributed by atoms with Gasteiger partial charge in [-0.05, 0) is 81.8 Å². The second-order valence-electron chi connectivity index (χ2n) is 16.0. The molecule has 0 aliphatic rings. The predicted molar refractivity (Wildman–Crippen MR) is 228 cm³/mol. The first kappa shape index (κ1) is 43.4. The Morgan fingerprint density at radius 1 is 0.534 bits per heavy atom. The van der Waals surface area contributed by atoms with E-state index in [1.165, 1.54) is 0 Å². The lowest BCUT2D eigenvalue weighted by atomic mass is 9.93. The summed E-state index contributed by atoms with van der Waals surface area (Å²) < 4.78 is 17.6. The van der Waals surface area contributed by atoms with Crippen molar-refractivity contribution in [1.29, 1.82) is 0 Å². The monoisotopic (exact) mass is 782 g/mol. The van der Waals surface area contributed by atoms with Gasteiger partial charge in [-0.25, -0.2) is 4.79 Å². The van der Waals surface area contributed by atoms with E-state index in [1.807, 2.05) is 163 Å². The Hall–Kier alpha value is -5.73. The minimum atomic E-state index is -0.754. The highest BCUT2D eigenvalue weighted by Crippen LogP contribution is 2.38. The first-order valence-electron chi connectivity index (χ1n) is 20.2. The molecule has 0 aliphatic carbocycles. The number of rotatable bonds is 17. The third kappa shape index (κ3) is 12.6. The quantitative estimate of drug-likeness (QED) is 0.0686. The van der Waals surface area contributed by atoms with Crippen LogP contribution >= 0.6 is 0 Å². The number of carbonyl (C=O) groups is 3. The van der Waals surface area contributed by atoms with Crippen molar-refractivity contribution < 1.29 is 28.6 Å². The van der Waals surface area contributed by atoms with Crippen LogP contribution in [-0.4, -0.2) is 39.5 Å². The maximum atomic E-state index is 14.4. The molecule has 58 heavy (non-hydrogen) atoms. The number of esters is 2. The van der Waals surface area contributed by atoms with Gasteiger partial charge in [-0.1, -0.05) is 146 Å². The van der Waals surface area contributed by atoms with Gasteiger partial charge in [0, 0.05) is 18.6 Å². The predicted octanol–water partition coefficient (Wildman–Crippen LogP) is 11.5. The summed E-state index contributed by atoms with van der Waals surface area (Å²) in [5.74, 6) is -0.739. The standard InChI is InChI=1S/C50H58N2O6/c1-36(2)57-47(53)32-45(51(34-39-20-12-8-13-21-39)37(3)41-24-16-10-17-25-41)43-28-30-44(31-29-43)46(33-48(54)58-50(5,6)7)52(38(4)42-26-18-11-19-27-42)49(55)56-35-40-22-14-9-15-23-40/h8-31,36-38,45-46H,32-35H2,1-7H3/t37-,38+,45+,46-/m1/s1. The number of amides is 1. The molecule has 304 valence electrons. The van der Waals surface area contributed by atoms with Crippen molar-refractivity contribution in [3.8, 4) is 0 Å². The molecule has 5 aromatic rings. The molecule has 0 saturated carbocycles. The lowest BCUT2D eigenvalue weighted by molar-refractivity contribution is -0.156. The average molecular weight is 783 g/mol. The fraction of sp³-hybridized carbons (Fsp3) is 0.340. The van der Waals surface area contributed by atoms with Crippen LogP contribution in [0.25, 0.3) is 0 Å². The fourth-order valence-corrected chi connectivity index (χ4v) is 7.23. The maximum absolute atomic E-state index is 14.4. The summed E-state index contributed by atoms with van der Waals surface area (Å²) in [6.07, 6.45) is -0.814. The van der Waals surface area contributed by atoms with Gasteiger partial charge < -0.3 is 14.2 Å². The van der Waals surface area contributed by atoms with Gasteiger partial charge in [-0.15, -0.1) is 0 Å². The lowest BCUT2D eigenvalue weighted by Crippen LogP contribution is -2.39. The molecule has 5 rings (SSSR count). The molecule has 0 unspecified atom stereocenters. The van der Waals surface area contributed by atoms with Crippen LogP contribution in [0, 0.1) is 0 Å². The molecule has 0 bridgehead atoms. The topological polar surface area (TPSA) is 85.4 Å². The van der Waals surface area contributed by atoms with E-state index in [4.69, 9.17) is 14.2 Å². The molecular weight excluding hydrogens is 725 g/mol. The van der Waals surface area contributed by atoms with Crippen LogP contribution in [0.4, 0.5) is 4.79 Å². The minimum absolute atomic E-state index is 0.0700. The zero-order chi connectivity index (χ0) is 41.7. The van der Waals surface area contributed by atoms with E-state index >= 15 is 0 Å². The molecule has 0 N–H and O–H groups in total. The normalized spacial score (nSPS) is 13.6. The third-order valence-electron chi connectivity index (χ3n) is 10.1. The van der Waals surface area contributed by atoms with Gasteiger partial charge >= 0.3 is 18.0 Å². The molecular formula is C50H58N2O6. The van der Waals surface area contributed by atoms with Crippen LogP contribution in [-0.2, 0) is 37.0 Å². The highest BCUT2D eigenvalue weighted by molar-refractivity contribution is 5.74. The van der Waals surface area contributed by atoms with E-state index < -0.39 is 29.7 Å². The van der Waals surface area contributed by atoms with Crippen molar-refractivity contribution in [3.05, 3.63) is 179 Å². The van der Waals surface area contributed by atoms with Crippen LogP contribution in [0.2, 0.25) is 0 Å². The fourth-order valence-electron chi connectivity index (χ4n) is 7.23. The molecule has 0 heterocycles. The van der Waals surface area contributed by atoms with Gasteiger partial charge in [0.2, 0.25) is 0 Å². The van der Waals surface area contributed by atoms with Gasteiger partial charge in [0.1, 0.15) is 12.2 Å². The summed E-state index contributed by atoms with van der Waals surface area (Å²) >= 11 is 0.